The highest BCUT2D eigenvalue weighted by Crippen LogP contribution is 2.35. The summed E-state index contributed by atoms with van der Waals surface area (Å²) in [4.78, 5) is 13.9. The van der Waals surface area contributed by atoms with E-state index in [1.807, 2.05) is 17.0 Å². The van der Waals surface area contributed by atoms with Gasteiger partial charge in [-0.15, -0.1) is 0 Å². The van der Waals surface area contributed by atoms with Gasteiger partial charge in [-0.05, 0) is 37.0 Å². The molecule has 1 aliphatic heterocycles. The van der Waals surface area contributed by atoms with Gasteiger partial charge in [0.2, 0.25) is 5.91 Å². The molecular formula is C14H16FNO. The number of rotatable bonds is 2. The average Bonchev–Trinajstić information content (AvgIpc) is 3.07. The number of carbonyl (C=O) groups excluding carboxylic acids is 1. The summed E-state index contributed by atoms with van der Waals surface area (Å²) in [6.07, 6.45) is 3.14. The van der Waals surface area contributed by atoms with Crippen molar-refractivity contribution in [2.24, 2.45) is 5.92 Å². The predicted octanol–water partition coefficient (Wildman–Crippen LogP) is 2.55. The summed E-state index contributed by atoms with van der Waals surface area (Å²) in [5, 5.41) is 0. The standard InChI is InChI=1S/C14H16FNO/c15-13-5-3-10(4-6-13)12-7-8-16(9-12)14(17)11-1-2-11/h3-6,11-12H,1-2,7-9H2/t12-/m1/s1. The summed E-state index contributed by atoms with van der Waals surface area (Å²) in [6.45, 7) is 1.67. The Labute approximate surface area is 100 Å². The van der Waals surface area contributed by atoms with Crippen molar-refractivity contribution in [1.82, 2.24) is 4.90 Å². The number of nitrogens with zero attached hydrogens (tertiary/aromatic N) is 1. The van der Waals surface area contributed by atoms with Crippen LogP contribution in [-0.2, 0) is 4.79 Å². The van der Waals surface area contributed by atoms with E-state index in [1.54, 1.807) is 0 Å². The van der Waals surface area contributed by atoms with E-state index < -0.39 is 0 Å². The molecule has 1 aliphatic carbocycles. The Kier molecular flexibility index (Phi) is 2.61. The van der Waals surface area contributed by atoms with Crippen LogP contribution in [0, 0.1) is 11.7 Å². The van der Waals surface area contributed by atoms with Crippen LogP contribution in [0.4, 0.5) is 4.39 Å². The number of hydrogen-bond acceptors (Lipinski definition) is 1. The third-order valence-corrected chi connectivity index (χ3v) is 3.77. The molecule has 3 rings (SSSR count). The number of hydrogen-bond donors (Lipinski definition) is 0. The topological polar surface area (TPSA) is 20.3 Å². The molecule has 3 heteroatoms. The van der Waals surface area contributed by atoms with Crippen LogP contribution in [0.5, 0.6) is 0 Å². The minimum atomic E-state index is -0.197. The van der Waals surface area contributed by atoms with Gasteiger partial charge >= 0.3 is 0 Å². The van der Waals surface area contributed by atoms with Crippen LogP contribution in [0.25, 0.3) is 0 Å². The zero-order valence-corrected chi connectivity index (χ0v) is 9.73. The second kappa shape index (κ2) is 4.13. The zero-order chi connectivity index (χ0) is 11.8. The van der Waals surface area contributed by atoms with Gasteiger partial charge in [0.05, 0.1) is 0 Å². The van der Waals surface area contributed by atoms with Crippen molar-refractivity contribution in [2.75, 3.05) is 13.1 Å². The van der Waals surface area contributed by atoms with E-state index in [-0.39, 0.29) is 5.82 Å². The number of halogens is 1. The van der Waals surface area contributed by atoms with Gasteiger partial charge in [0, 0.05) is 24.9 Å². The first kappa shape index (κ1) is 10.8. The highest BCUT2D eigenvalue weighted by Gasteiger charge is 2.36. The normalized spacial score (nSPS) is 24.1. The fraction of sp³-hybridized carbons (Fsp3) is 0.500. The van der Waals surface area contributed by atoms with Crippen molar-refractivity contribution in [3.8, 4) is 0 Å². The molecule has 2 fully saturated rings. The van der Waals surface area contributed by atoms with E-state index in [9.17, 15) is 9.18 Å². The van der Waals surface area contributed by atoms with Crippen molar-refractivity contribution >= 4 is 5.91 Å². The van der Waals surface area contributed by atoms with Crippen LogP contribution in [0.1, 0.15) is 30.7 Å². The van der Waals surface area contributed by atoms with Gasteiger partial charge in [-0.2, -0.15) is 0 Å². The van der Waals surface area contributed by atoms with Gasteiger partial charge in [-0.25, -0.2) is 4.39 Å². The Morgan fingerprint density at radius 1 is 1.18 bits per heavy atom. The van der Waals surface area contributed by atoms with E-state index >= 15 is 0 Å². The molecule has 0 N–H and O–H groups in total. The molecule has 2 nitrogen and oxygen atoms in total. The Balaban J connectivity index is 1.66. The lowest BCUT2D eigenvalue weighted by atomic mass is 9.99. The molecular weight excluding hydrogens is 217 g/mol. The number of carbonyl (C=O) groups is 1. The maximum Gasteiger partial charge on any atom is 0.225 e. The second-order valence-corrected chi connectivity index (χ2v) is 5.10. The Hall–Kier alpha value is -1.38. The molecule has 1 aromatic rings. The fourth-order valence-electron chi connectivity index (χ4n) is 2.56. The molecule has 2 aliphatic rings. The summed E-state index contributed by atoms with van der Waals surface area (Å²) >= 11 is 0. The van der Waals surface area contributed by atoms with E-state index in [0.717, 1.165) is 37.9 Å². The predicted molar refractivity (Wildman–Crippen MR) is 63.1 cm³/mol. The van der Waals surface area contributed by atoms with Crippen molar-refractivity contribution < 1.29 is 9.18 Å². The summed E-state index contributed by atoms with van der Waals surface area (Å²) in [5.74, 6) is 0.826. The summed E-state index contributed by atoms with van der Waals surface area (Å²) in [7, 11) is 0. The highest BCUT2D eigenvalue weighted by atomic mass is 19.1. The molecule has 90 valence electrons. The average molecular weight is 233 g/mol. The van der Waals surface area contributed by atoms with Gasteiger partial charge in [-0.3, -0.25) is 4.79 Å². The lowest BCUT2D eigenvalue weighted by molar-refractivity contribution is -0.131. The minimum absolute atomic E-state index is 0.197. The molecule has 17 heavy (non-hydrogen) atoms. The third-order valence-electron chi connectivity index (χ3n) is 3.77. The molecule has 1 aromatic carbocycles. The molecule has 0 bridgehead atoms. The van der Waals surface area contributed by atoms with E-state index in [2.05, 4.69) is 0 Å². The SMILES string of the molecule is O=C(C1CC1)N1CC[C@@H](c2ccc(F)cc2)C1. The van der Waals surface area contributed by atoms with Gasteiger partial charge in [-0.1, -0.05) is 12.1 Å². The number of benzene rings is 1. The second-order valence-electron chi connectivity index (χ2n) is 5.10. The summed E-state index contributed by atoms with van der Waals surface area (Å²) in [6, 6.07) is 6.68. The van der Waals surface area contributed by atoms with Crippen LogP contribution in [-0.4, -0.2) is 23.9 Å². The molecule has 0 aromatic heterocycles. The molecule has 1 saturated carbocycles. The maximum atomic E-state index is 12.8. The van der Waals surface area contributed by atoms with Crippen LogP contribution in [0.15, 0.2) is 24.3 Å². The number of amides is 1. The van der Waals surface area contributed by atoms with Crippen molar-refractivity contribution in [3.63, 3.8) is 0 Å². The fourth-order valence-corrected chi connectivity index (χ4v) is 2.56. The lowest BCUT2D eigenvalue weighted by Gasteiger charge is -2.16. The van der Waals surface area contributed by atoms with Crippen LogP contribution < -0.4 is 0 Å². The van der Waals surface area contributed by atoms with E-state index in [4.69, 9.17) is 0 Å². The molecule has 1 heterocycles. The van der Waals surface area contributed by atoms with Gasteiger partial charge in [0.1, 0.15) is 5.82 Å². The summed E-state index contributed by atoms with van der Waals surface area (Å²) < 4.78 is 12.8. The first-order chi connectivity index (χ1) is 8.24. The van der Waals surface area contributed by atoms with Gasteiger partial charge in [0.25, 0.3) is 0 Å². The van der Waals surface area contributed by atoms with Crippen LogP contribution >= 0.6 is 0 Å². The van der Waals surface area contributed by atoms with Crippen molar-refractivity contribution in [3.05, 3.63) is 35.6 Å². The minimum Gasteiger partial charge on any atom is -0.342 e. The monoisotopic (exact) mass is 233 g/mol. The maximum absolute atomic E-state index is 12.8. The van der Waals surface area contributed by atoms with E-state index in [0.29, 0.717) is 17.7 Å². The molecule has 0 unspecified atom stereocenters. The molecule has 0 radical (unpaired) electrons. The lowest BCUT2D eigenvalue weighted by Crippen LogP contribution is -2.29. The molecule has 0 spiro atoms. The van der Waals surface area contributed by atoms with Gasteiger partial charge < -0.3 is 4.90 Å². The third kappa shape index (κ3) is 2.19. The Bertz CT molecular complexity index is 424. The first-order valence-corrected chi connectivity index (χ1v) is 6.28. The quantitative estimate of drug-likeness (QED) is 0.768. The Morgan fingerprint density at radius 3 is 2.53 bits per heavy atom. The summed E-state index contributed by atoms with van der Waals surface area (Å²) in [5.41, 5.74) is 1.15. The molecule has 1 amide bonds. The first-order valence-electron chi connectivity index (χ1n) is 6.28. The van der Waals surface area contributed by atoms with E-state index in [1.165, 1.54) is 12.1 Å². The smallest absolute Gasteiger partial charge is 0.225 e. The largest absolute Gasteiger partial charge is 0.342 e. The zero-order valence-electron chi connectivity index (χ0n) is 9.73. The highest BCUT2D eigenvalue weighted by molar-refractivity contribution is 5.81. The molecule has 1 atom stereocenters. The number of likely N-dealkylation sites (tertiary alicyclic amines) is 1. The Morgan fingerprint density at radius 2 is 1.88 bits per heavy atom. The van der Waals surface area contributed by atoms with Crippen molar-refractivity contribution in [2.45, 2.75) is 25.2 Å². The van der Waals surface area contributed by atoms with Crippen LogP contribution in [0.2, 0.25) is 0 Å². The van der Waals surface area contributed by atoms with Gasteiger partial charge in [0.15, 0.2) is 0 Å². The molecule has 1 saturated heterocycles. The van der Waals surface area contributed by atoms with Crippen molar-refractivity contribution in [1.29, 1.82) is 0 Å². The van der Waals surface area contributed by atoms with Crippen LogP contribution in [0.3, 0.4) is 0 Å².